The maximum atomic E-state index is 13.6. The molecule has 32 heavy (non-hydrogen) atoms. The number of nitrogens with one attached hydrogen (secondary N) is 2. The number of carbonyl (C=O) groups is 4. The van der Waals surface area contributed by atoms with E-state index in [1.54, 1.807) is 29.2 Å². The Labute approximate surface area is 186 Å². The van der Waals surface area contributed by atoms with Crippen LogP contribution in [-0.4, -0.2) is 64.2 Å². The van der Waals surface area contributed by atoms with Gasteiger partial charge in [0, 0.05) is 11.6 Å². The lowest BCUT2D eigenvalue weighted by atomic mass is 9.88. The second-order valence-corrected chi connectivity index (χ2v) is 8.72. The molecule has 5 atom stereocenters. The Hall–Kier alpha value is -2.94. The average Bonchev–Trinajstić information content (AvgIpc) is 3.10. The van der Waals surface area contributed by atoms with Crippen LogP contribution in [0.25, 0.3) is 0 Å². The van der Waals surface area contributed by atoms with Crippen LogP contribution in [0, 0.1) is 0 Å². The fourth-order valence-corrected chi connectivity index (χ4v) is 4.90. The van der Waals surface area contributed by atoms with E-state index in [1.807, 2.05) is 6.07 Å². The Morgan fingerprint density at radius 3 is 2.41 bits per heavy atom. The molecular weight excluding hydrogens is 414 g/mol. The maximum absolute atomic E-state index is 13.6. The number of hydrogen-bond acceptors (Lipinski definition) is 6. The first-order valence-corrected chi connectivity index (χ1v) is 11.3. The van der Waals surface area contributed by atoms with Gasteiger partial charge in [0.15, 0.2) is 0 Å². The van der Waals surface area contributed by atoms with Crippen LogP contribution < -0.4 is 10.6 Å². The summed E-state index contributed by atoms with van der Waals surface area (Å²) in [4.78, 5) is 52.4. The number of ether oxygens (including phenoxy) is 1. The molecule has 0 radical (unpaired) electrons. The van der Waals surface area contributed by atoms with Gasteiger partial charge in [0.05, 0.1) is 6.42 Å². The van der Waals surface area contributed by atoms with Crippen molar-refractivity contribution in [2.75, 3.05) is 0 Å². The van der Waals surface area contributed by atoms with Crippen molar-refractivity contribution in [3.8, 4) is 0 Å². The zero-order valence-electron chi connectivity index (χ0n) is 17.9. The number of esters is 1. The summed E-state index contributed by atoms with van der Waals surface area (Å²) in [5, 5.41) is 15.4. The van der Waals surface area contributed by atoms with E-state index in [9.17, 15) is 24.3 Å². The van der Waals surface area contributed by atoms with Crippen LogP contribution in [0.3, 0.4) is 0 Å². The number of aliphatic hydroxyl groups excluding tert-OH is 1. The van der Waals surface area contributed by atoms with Crippen LogP contribution in [-0.2, 0) is 19.1 Å². The number of benzene rings is 1. The van der Waals surface area contributed by atoms with Crippen molar-refractivity contribution in [2.45, 2.75) is 81.8 Å². The van der Waals surface area contributed by atoms with E-state index in [0.29, 0.717) is 18.4 Å². The monoisotopic (exact) mass is 443 g/mol. The Morgan fingerprint density at radius 2 is 1.69 bits per heavy atom. The molecule has 3 saturated heterocycles. The molecule has 3 amide bonds. The molecule has 0 aliphatic carbocycles. The van der Waals surface area contributed by atoms with Gasteiger partial charge in [-0.05, 0) is 44.2 Å². The summed E-state index contributed by atoms with van der Waals surface area (Å²) in [6, 6.07) is 6.42. The Balaban J connectivity index is 1.51. The molecule has 0 spiro atoms. The highest BCUT2D eigenvalue weighted by molar-refractivity contribution is 5.98. The third-order valence-corrected chi connectivity index (χ3v) is 6.53. The normalized spacial score (nSPS) is 30.5. The van der Waals surface area contributed by atoms with E-state index in [4.69, 9.17) is 4.74 Å². The smallest absolute Gasteiger partial charge is 0.310 e. The Morgan fingerprint density at radius 1 is 0.969 bits per heavy atom. The number of piperidine rings is 1. The Kier molecular flexibility index (Phi) is 6.74. The van der Waals surface area contributed by atoms with Gasteiger partial charge in [-0.25, -0.2) is 0 Å². The molecule has 0 aromatic heterocycles. The number of carbonyl (C=O) groups excluding carboxylic acids is 4. The van der Waals surface area contributed by atoms with E-state index in [2.05, 4.69) is 10.6 Å². The van der Waals surface area contributed by atoms with Gasteiger partial charge in [0.2, 0.25) is 18.1 Å². The molecule has 1 aromatic carbocycles. The lowest BCUT2D eigenvalue weighted by Gasteiger charge is -2.44. The zero-order valence-corrected chi connectivity index (χ0v) is 17.9. The summed E-state index contributed by atoms with van der Waals surface area (Å²) in [7, 11) is 0. The largest absolute Gasteiger partial charge is 0.434 e. The minimum absolute atomic E-state index is 0.0742. The maximum Gasteiger partial charge on any atom is 0.310 e. The Bertz CT molecular complexity index is 876. The molecule has 3 heterocycles. The minimum atomic E-state index is -1.38. The zero-order chi connectivity index (χ0) is 22.7. The first-order chi connectivity index (χ1) is 15.4. The first kappa shape index (κ1) is 22.3. The number of hydrogen-bond donors (Lipinski definition) is 3. The average molecular weight is 444 g/mol. The van der Waals surface area contributed by atoms with Crippen LogP contribution in [0.15, 0.2) is 30.3 Å². The number of fused-ring (bicyclic) bond motifs is 1. The van der Waals surface area contributed by atoms with Crippen molar-refractivity contribution in [1.82, 2.24) is 15.5 Å². The van der Waals surface area contributed by atoms with E-state index in [0.717, 1.165) is 32.1 Å². The summed E-state index contributed by atoms with van der Waals surface area (Å²) in [6.45, 7) is 0. The van der Waals surface area contributed by atoms with Gasteiger partial charge < -0.3 is 25.4 Å². The molecule has 3 aliphatic heterocycles. The van der Waals surface area contributed by atoms with Crippen LogP contribution in [0.2, 0.25) is 0 Å². The summed E-state index contributed by atoms with van der Waals surface area (Å²) in [5.41, 5.74) is 0.478. The second-order valence-electron chi connectivity index (χ2n) is 8.72. The first-order valence-electron chi connectivity index (χ1n) is 11.3. The van der Waals surface area contributed by atoms with E-state index in [-0.39, 0.29) is 24.3 Å². The fourth-order valence-electron chi connectivity index (χ4n) is 4.90. The number of rotatable bonds is 4. The number of aliphatic hydroxyl groups is 1. The summed E-state index contributed by atoms with van der Waals surface area (Å²) < 4.78 is 4.70. The third-order valence-electron chi connectivity index (χ3n) is 6.53. The predicted molar refractivity (Wildman–Crippen MR) is 113 cm³/mol. The predicted octanol–water partition coefficient (Wildman–Crippen LogP) is 0.859. The molecule has 0 saturated carbocycles. The molecule has 172 valence electrons. The highest BCUT2D eigenvalue weighted by atomic mass is 16.6. The topological polar surface area (TPSA) is 125 Å². The van der Waals surface area contributed by atoms with Crippen LogP contribution in [0.5, 0.6) is 0 Å². The molecule has 9 nitrogen and oxygen atoms in total. The van der Waals surface area contributed by atoms with Crippen molar-refractivity contribution in [2.24, 2.45) is 0 Å². The van der Waals surface area contributed by atoms with Gasteiger partial charge >= 0.3 is 5.97 Å². The van der Waals surface area contributed by atoms with Gasteiger partial charge in [-0.3, -0.25) is 19.2 Å². The van der Waals surface area contributed by atoms with E-state index in [1.165, 1.54) is 0 Å². The quantitative estimate of drug-likeness (QED) is 0.593. The van der Waals surface area contributed by atoms with Crippen LogP contribution >= 0.6 is 0 Å². The number of amides is 3. The van der Waals surface area contributed by atoms with Gasteiger partial charge in [0.25, 0.3) is 5.91 Å². The minimum Gasteiger partial charge on any atom is -0.434 e. The SMILES string of the molecule is O=C1C[C@H](NC(=O)[C@@H]2CCC[C@@H]3CCCC[C@H](NC(=O)c4ccccc4)C(=O)N32)C(O)O1. The number of nitrogens with zero attached hydrogens (tertiary/aromatic N) is 1. The lowest BCUT2D eigenvalue weighted by Crippen LogP contribution is -2.62. The van der Waals surface area contributed by atoms with Gasteiger partial charge in [-0.15, -0.1) is 0 Å². The molecule has 9 heteroatoms. The van der Waals surface area contributed by atoms with Crippen molar-refractivity contribution in [3.05, 3.63) is 35.9 Å². The second kappa shape index (κ2) is 9.68. The van der Waals surface area contributed by atoms with E-state index >= 15 is 0 Å². The molecule has 4 rings (SSSR count). The van der Waals surface area contributed by atoms with Gasteiger partial charge in [-0.2, -0.15) is 0 Å². The molecule has 3 N–H and O–H groups in total. The molecule has 1 unspecified atom stereocenters. The fraction of sp³-hybridized carbons (Fsp3) is 0.565. The molecule has 3 aliphatic rings. The van der Waals surface area contributed by atoms with Crippen LogP contribution in [0.1, 0.15) is 61.7 Å². The highest BCUT2D eigenvalue weighted by Crippen LogP contribution is 2.30. The molecule has 1 aromatic rings. The molecule has 3 fully saturated rings. The number of cyclic esters (lactones) is 1. The van der Waals surface area contributed by atoms with Crippen molar-refractivity contribution in [3.63, 3.8) is 0 Å². The lowest BCUT2D eigenvalue weighted by molar-refractivity contribution is -0.156. The highest BCUT2D eigenvalue weighted by Gasteiger charge is 2.43. The summed E-state index contributed by atoms with van der Waals surface area (Å²) in [5.74, 6) is -1.54. The standard InChI is InChI=1S/C23H29N3O6/c27-19-13-17(23(31)32-19)25-21(29)18-12-6-10-15-9-4-5-11-16(22(30)26(15)18)24-20(28)14-7-2-1-3-8-14/h1-3,7-8,15-18,23,31H,4-6,9-13H2,(H,24,28)(H,25,29)/t15-,16-,17-,18-,23?/m0/s1. The summed E-state index contributed by atoms with van der Waals surface area (Å²) in [6.07, 6.45) is 3.66. The van der Waals surface area contributed by atoms with Crippen molar-refractivity contribution >= 4 is 23.7 Å². The van der Waals surface area contributed by atoms with E-state index < -0.39 is 36.3 Å². The summed E-state index contributed by atoms with van der Waals surface area (Å²) >= 11 is 0. The molecule has 0 bridgehead atoms. The van der Waals surface area contributed by atoms with Crippen molar-refractivity contribution in [1.29, 1.82) is 0 Å². The molecular formula is C23H29N3O6. The third kappa shape index (κ3) is 4.77. The van der Waals surface area contributed by atoms with Gasteiger partial charge in [-0.1, -0.05) is 31.0 Å². The van der Waals surface area contributed by atoms with Crippen LogP contribution in [0.4, 0.5) is 0 Å². The van der Waals surface area contributed by atoms with Crippen molar-refractivity contribution < 1.29 is 29.0 Å². The van der Waals surface area contributed by atoms with Gasteiger partial charge in [0.1, 0.15) is 18.1 Å².